The van der Waals surface area contributed by atoms with Crippen molar-refractivity contribution in [2.45, 2.75) is 6.04 Å². The van der Waals surface area contributed by atoms with Gasteiger partial charge in [0.15, 0.2) is 6.04 Å². The highest BCUT2D eigenvalue weighted by Gasteiger charge is 2.19. The van der Waals surface area contributed by atoms with Gasteiger partial charge in [0.1, 0.15) is 0 Å². The molecule has 1 aromatic rings. The fraction of sp³-hybridized carbons (Fsp3) is 0.200. The summed E-state index contributed by atoms with van der Waals surface area (Å²) in [5.74, 6) is -1.38. The largest absolute Gasteiger partial charge is 0.480 e. The van der Waals surface area contributed by atoms with Crippen molar-refractivity contribution in [3.63, 3.8) is 0 Å². The number of aliphatic carboxylic acids is 1. The molecule has 0 aliphatic heterocycles. The van der Waals surface area contributed by atoms with E-state index < -0.39 is 29.6 Å². The predicted octanol–water partition coefficient (Wildman–Crippen LogP) is 0.924. The van der Waals surface area contributed by atoms with Gasteiger partial charge in [-0.25, -0.2) is 9.59 Å². The van der Waals surface area contributed by atoms with Crippen LogP contribution in [0.25, 0.3) is 0 Å². The number of urea groups is 1. The topological polar surface area (TPSA) is 142 Å². The highest BCUT2D eigenvalue weighted by molar-refractivity contribution is 9.10. The number of hydrogen-bond acceptors (Lipinski definition) is 5. The predicted molar refractivity (Wildman–Crippen MR) is 71.5 cm³/mol. The van der Waals surface area contributed by atoms with Gasteiger partial charge in [-0.15, -0.1) is 0 Å². The van der Waals surface area contributed by atoms with E-state index in [1.165, 1.54) is 18.2 Å². The molecule has 9 nitrogen and oxygen atoms in total. The molecule has 20 heavy (non-hydrogen) atoms. The Labute approximate surface area is 120 Å². The number of amides is 2. The van der Waals surface area contributed by atoms with Gasteiger partial charge in [-0.2, -0.15) is 0 Å². The molecule has 0 saturated heterocycles. The first-order valence-corrected chi connectivity index (χ1v) is 5.99. The summed E-state index contributed by atoms with van der Waals surface area (Å²) < 4.78 is 0.262. The molecule has 0 bridgehead atoms. The number of carboxylic acids is 1. The Hall–Kier alpha value is -2.20. The number of aliphatic hydroxyl groups is 1. The summed E-state index contributed by atoms with van der Waals surface area (Å²) in [7, 11) is 0. The van der Waals surface area contributed by atoms with Crippen molar-refractivity contribution in [3.05, 3.63) is 32.8 Å². The summed E-state index contributed by atoms with van der Waals surface area (Å²) >= 11 is 3.04. The Morgan fingerprint density at radius 1 is 1.45 bits per heavy atom. The van der Waals surface area contributed by atoms with Crippen molar-refractivity contribution in [3.8, 4) is 0 Å². The van der Waals surface area contributed by atoms with Crippen LogP contribution >= 0.6 is 15.9 Å². The molecule has 0 spiro atoms. The highest BCUT2D eigenvalue weighted by atomic mass is 79.9. The first-order valence-electron chi connectivity index (χ1n) is 5.20. The van der Waals surface area contributed by atoms with Crippen LogP contribution in [0.4, 0.5) is 16.2 Å². The fourth-order valence-electron chi connectivity index (χ4n) is 1.22. The molecular formula is C10H10BrN3O6. The van der Waals surface area contributed by atoms with E-state index in [1.807, 2.05) is 5.32 Å². The monoisotopic (exact) mass is 347 g/mol. The Morgan fingerprint density at radius 3 is 2.55 bits per heavy atom. The molecule has 0 aliphatic carbocycles. The average Bonchev–Trinajstić information content (AvgIpc) is 2.37. The van der Waals surface area contributed by atoms with Crippen molar-refractivity contribution >= 4 is 39.3 Å². The highest BCUT2D eigenvalue weighted by Crippen LogP contribution is 2.26. The van der Waals surface area contributed by atoms with Gasteiger partial charge in [0.25, 0.3) is 5.69 Å². The molecule has 10 heteroatoms. The molecule has 0 saturated carbocycles. The van der Waals surface area contributed by atoms with E-state index in [0.29, 0.717) is 0 Å². The second-order valence-electron chi connectivity index (χ2n) is 3.59. The molecule has 1 rings (SSSR count). The number of halogens is 1. The van der Waals surface area contributed by atoms with Crippen LogP contribution in [0.2, 0.25) is 0 Å². The van der Waals surface area contributed by atoms with Gasteiger partial charge in [-0.1, -0.05) is 0 Å². The number of carbonyl (C=O) groups is 2. The minimum Gasteiger partial charge on any atom is -0.480 e. The molecule has 0 aliphatic rings. The minimum absolute atomic E-state index is 0.165. The van der Waals surface area contributed by atoms with Crippen molar-refractivity contribution in [1.82, 2.24) is 5.32 Å². The number of non-ortho nitro benzene ring substituents is 1. The van der Waals surface area contributed by atoms with E-state index in [1.54, 1.807) is 0 Å². The molecule has 0 heterocycles. The zero-order chi connectivity index (χ0) is 15.3. The minimum atomic E-state index is -1.44. The number of anilines is 1. The van der Waals surface area contributed by atoms with Crippen LogP contribution in [0.3, 0.4) is 0 Å². The lowest BCUT2D eigenvalue weighted by atomic mass is 10.3. The van der Waals surface area contributed by atoms with Gasteiger partial charge in [0.05, 0.1) is 17.2 Å². The average molecular weight is 348 g/mol. The summed E-state index contributed by atoms with van der Waals surface area (Å²) in [6, 6.07) is 1.36. The molecule has 0 unspecified atom stereocenters. The van der Waals surface area contributed by atoms with Gasteiger partial charge < -0.3 is 20.8 Å². The van der Waals surface area contributed by atoms with Crippen LogP contribution in [-0.4, -0.2) is 39.8 Å². The number of carbonyl (C=O) groups excluding carboxylic acids is 1. The Bertz CT molecular complexity index is 550. The van der Waals surface area contributed by atoms with Crippen molar-refractivity contribution < 1.29 is 24.7 Å². The van der Waals surface area contributed by atoms with Gasteiger partial charge in [0.2, 0.25) is 0 Å². The summed E-state index contributed by atoms with van der Waals surface area (Å²) in [6.07, 6.45) is 0. The smallest absolute Gasteiger partial charge is 0.328 e. The normalized spacial score (nSPS) is 11.5. The van der Waals surface area contributed by atoms with Crippen LogP contribution in [-0.2, 0) is 4.79 Å². The summed E-state index contributed by atoms with van der Waals surface area (Å²) in [5, 5.41) is 32.3. The molecule has 2 amide bonds. The molecule has 108 valence electrons. The number of nitro benzene ring substituents is 1. The number of carboxylic acid groups (broad SMARTS) is 1. The zero-order valence-corrected chi connectivity index (χ0v) is 11.5. The van der Waals surface area contributed by atoms with Gasteiger partial charge in [0, 0.05) is 16.6 Å². The van der Waals surface area contributed by atoms with Crippen LogP contribution < -0.4 is 10.6 Å². The van der Waals surface area contributed by atoms with Crippen molar-refractivity contribution in [1.29, 1.82) is 0 Å². The third-order valence-corrected chi connectivity index (χ3v) is 2.85. The number of benzene rings is 1. The third kappa shape index (κ3) is 4.17. The van der Waals surface area contributed by atoms with E-state index in [2.05, 4.69) is 21.2 Å². The molecule has 1 aromatic carbocycles. The third-order valence-electron chi connectivity index (χ3n) is 2.20. The van der Waals surface area contributed by atoms with Crippen molar-refractivity contribution in [2.24, 2.45) is 0 Å². The number of rotatable bonds is 5. The number of hydrogen-bond donors (Lipinski definition) is 4. The maximum atomic E-state index is 11.5. The van der Waals surface area contributed by atoms with E-state index in [-0.39, 0.29) is 15.8 Å². The van der Waals surface area contributed by atoms with Gasteiger partial charge >= 0.3 is 12.0 Å². The number of nitrogens with one attached hydrogen (secondary N) is 2. The maximum absolute atomic E-state index is 11.5. The zero-order valence-electron chi connectivity index (χ0n) is 9.87. The molecule has 0 radical (unpaired) electrons. The fourth-order valence-corrected chi connectivity index (χ4v) is 1.69. The van der Waals surface area contributed by atoms with E-state index in [4.69, 9.17) is 10.2 Å². The van der Waals surface area contributed by atoms with Gasteiger partial charge in [-0.3, -0.25) is 10.1 Å². The van der Waals surface area contributed by atoms with Crippen LogP contribution in [0, 0.1) is 10.1 Å². The summed E-state index contributed by atoms with van der Waals surface area (Å²) in [5.41, 5.74) is 0.0526. The number of nitro groups is 1. The maximum Gasteiger partial charge on any atom is 0.328 e. The molecule has 1 atom stereocenters. The molecular weight excluding hydrogens is 338 g/mol. The molecule has 4 N–H and O–H groups in total. The molecule has 0 fully saturated rings. The Kier molecular flexibility index (Phi) is 5.41. The lowest BCUT2D eigenvalue weighted by molar-refractivity contribution is -0.384. The van der Waals surface area contributed by atoms with Crippen molar-refractivity contribution in [2.75, 3.05) is 11.9 Å². The first kappa shape index (κ1) is 15.9. The lowest BCUT2D eigenvalue weighted by Crippen LogP contribution is -2.45. The number of nitrogens with zero attached hydrogens (tertiary/aromatic N) is 1. The van der Waals surface area contributed by atoms with E-state index in [9.17, 15) is 19.7 Å². The first-order chi connectivity index (χ1) is 9.35. The Morgan fingerprint density at radius 2 is 2.10 bits per heavy atom. The SMILES string of the molecule is O=C(Nc1ccc([N+](=O)[O-])cc1Br)N[C@@H](CO)C(=O)O. The number of aliphatic hydroxyl groups excluding tert-OH is 1. The second-order valence-corrected chi connectivity index (χ2v) is 4.45. The van der Waals surface area contributed by atoms with Crippen LogP contribution in [0.5, 0.6) is 0 Å². The molecule has 0 aromatic heterocycles. The standard InChI is InChI=1S/C10H10BrN3O6/c11-6-3-5(14(19)20)1-2-7(6)12-10(18)13-8(4-15)9(16)17/h1-3,8,15H,4H2,(H,16,17)(H2,12,13,18)/t8-/m0/s1. The van der Waals surface area contributed by atoms with Gasteiger partial charge in [-0.05, 0) is 22.0 Å². The van der Waals surface area contributed by atoms with E-state index in [0.717, 1.165) is 0 Å². The lowest BCUT2D eigenvalue weighted by Gasteiger charge is -2.13. The quantitative estimate of drug-likeness (QED) is 0.461. The summed E-state index contributed by atoms with van der Waals surface area (Å²) in [6.45, 7) is -0.760. The van der Waals surface area contributed by atoms with Crippen LogP contribution in [0.1, 0.15) is 0 Å². The van der Waals surface area contributed by atoms with Crippen LogP contribution in [0.15, 0.2) is 22.7 Å². The Balaban J connectivity index is 2.76. The van der Waals surface area contributed by atoms with E-state index >= 15 is 0 Å². The summed E-state index contributed by atoms with van der Waals surface area (Å²) in [4.78, 5) is 32.1. The second kappa shape index (κ2) is 6.82.